The van der Waals surface area contributed by atoms with Crippen LogP contribution in [0.4, 0.5) is 4.39 Å². The average molecular weight is 548 g/mol. The van der Waals surface area contributed by atoms with E-state index in [0.717, 1.165) is 93.8 Å². The Labute approximate surface area is 239 Å². The second-order valence-corrected chi connectivity index (χ2v) is 12.3. The van der Waals surface area contributed by atoms with Crippen molar-refractivity contribution in [3.8, 4) is 0 Å². The van der Waals surface area contributed by atoms with E-state index >= 15 is 0 Å². The van der Waals surface area contributed by atoms with Crippen LogP contribution in [0.15, 0.2) is 65.2 Å². The van der Waals surface area contributed by atoms with Crippen molar-refractivity contribution >= 4 is 17.8 Å². The predicted octanol–water partition coefficient (Wildman–Crippen LogP) is 8.65. The molecule has 216 valence electrons. The summed E-state index contributed by atoms with van der Waals surface area (Å²) in [5, 5.41) is 8.24. The number of allylic oxidation sites excluding steroid dienone is 8. The largest absolute Gasteiger partial charge is 0.490 e. The monoisotopic (exact) mass is 547 g/mol. The second-order valence-electron chi connectivity index (χ2n) is 12.3. The van der Waals surface area contributed by atoms with Crippen LogP contribution in [-0.4, -0.2) is 30.1 Å². The van der Waals surface area contributed by atoms with Crippen LogP contribution in [0.3, 0.4) is 0 Å². The molecule has 3 fully saturated rings. The highest BCUT2D eigenvalue weighted by molar-refractivity contribution is 5.97. The Kier molecular flexibility index (Phi) is 10.7. The standard InChI is InChI=1S/C35H46FNO3/c1-3-10-29(36)14-6-4-5-12-28(24-37)32-17-18-35(19-20-35)33(25(2)38)23-34(32)40-31-16-8-7-11-26-21-30(39)15-9-13-27(26)22-31/h10,12,17-18,23-24,26-27,29,31,37H,1,4-9,11,13-16,19-22H2,2H3/b28-12+,37-24?/t26?,27-,29?,31+/m1/s1. The van der Waals surface area contributed by atoms with Crippen LogP contribution in [0.5, 0.6) is 0 Å². The summed E-state index contributed by atoms with van der Waals surface area (Å²) in [6.45, 7) is 5.07. The third-order valence-corrected chi connectivity index (χ3v) is 9.28. The minimum atomic E-state index is -1.02. The highest BCUT2D eigenvalue weighted by Gasteiger charge is 2.46. The van der Waals surface area contributed by atoms with Gasteiger partial charge in [0.2, 0.25) is 0 Å². The van der Waals surface area contributed by atoms with Crippen molar-refractivity contribution in [1.82, 2.24) is 0 Å². The minimum Gasteiger partial charge on any atom is -0.490 e. The predicted molar refractivity (Wildman–Crippen MR) is 159 cm³/mol. The molecule has 0 aromatic carbocycles. The summed E-state index contributed by atoms with van der Waals surface area (Å²) in [7, 11) is 0. The smallest absolute Gasteiger partial charge is 0.156 e. The third kappa shape index (κ3) is 7.91. The first kappa shape index (κ1) is 30.2. The van der Waals surface area contributed by atoms with Crippen LogP contribution in [-0.2, 0) is 14.3 Å². The van der Waals surface area contributed by atoms with E-state index in [1.165, 1.54) is 12.3 Å². The fraction of sp³-hybridized carbons (Fsp3) is 0.600. The normalized spacial score (nSPS) is 27.2. The molecule has 4 rings (SSSR count). The lowest BCUT2D eigenvalue weighted by Gasteiger charge is -2.32. The van der Waals surface area contributed by atoms with Crippen LogP contribution in [0.25, 0.3) is 0 Å². The topological polar surface area (TPSA) is 67.2 Å². The molecule has 4 atom stereocenters. The van der Waals surface area contributed by atoms with Gasteiger partial charge in [0.15, 0.2) is 5.78 Å². The summed E-state index contributed by atoms with van der Waals surface area (Å²) < 4.78 is 20.6. The number of carbonyl (C=O) groups is 2. The summed E-state index contributed by atoms with van der Waals surface area (Å²) in [5.74, 6) is 2.10. The van der Waals surface area contributed by atoms with E-state index < -0.39 is 6.17 Å². The van der Waals surface area contributed by atoms with Crippen molar-refractivity contribution in [3.63, 3.8) is 0 Å². The SMILES string of the molecule is C=C=CC(F)CCCC/C=C(\C=N)C1=C(O[C@H]2CCCCC3CC(=O)CCC[C@@H]3C2)C=C(C(C)=O)C2(C=C1)CC2. The molecule has 0 aliphatic heterocycles. The lowest BCUT2D eigenvalue weighted by molar-refractivity contribution is -0.120. The Morgan fingerprint density at radius 1 is 1.23 bits per heavy atom. The molecule has 4 aliphatic rings. The third-order valence-electron chi connectivity index (χ3n) is 9.28. The number of rotatable bonds is 11. The van der Waals surface area contributed by atoms with E-state index in [2.05, 4.69) is 24.5 Å². The zero-order valence-electron chi connectivity index (χ0n) is 24.2. The van der Waals surface area contributed by atoms with Crippen molar-refractivity contribution in [2.24, 2.45) is 17.3 Å². The van der Waals surface area contributed by atoms with Gasteiger partial charge in [-0.3, -0.25) is 9.59 Å². The molecule has 0 aromatic heterocycles. The maximum atomic E-state index is 13.8. The molecular weight excluding hydrogens is 501 g/mol. The van der Waals surface area contributed by atoms with Gasteiger partial charge in [0.25, 0.3) is 0 Å². The molecule has 1 spiro atoms. The molecule has 0 saturated heterocycles. The van der Waals surface area contributed by atoms with E-state index in [9.17, 15) is 14.0 Å². The van der Waals surface area contributed by atoms with E-state index in [1.807, 2.05) is 12.2 Å². The number of hydrogen-bond acceptors (Lipinski definition) is 4. The Morgan fingerprint density at radius 3 is 2.73 bits per heavy atom. The van der Waals surface area contributed by atoms with Crippen LogP contribution in [0, 0.1) is 22.7 Å². The van der Waals surface area contributed by atoms with Gasteiger partial charge in [-0.1, -0.05) is 31.2 Å². The van der Waals surface area contributed by atoms with Gasteiger partial charge in [-0.05, 0) is 114 Å². The fourth-order valence-corrected chi connectivity index (χ4v) is 6.85. The number of ether oxygens (including phenoxy) is 1. The molecule has 1 N–H and O–H groups in total. The number of ketones is 2. The molecule has 0 heterocycles. The highest BCUT2D eigenvalue weighted by Crippen LogP contribution is 2.55. The molecule has 0 radical (unpaired) electrons. The lowest BCUT2D eigenvalue weighted by Crippen LogP contribution is -2.26. The molecular formula is C35H46FNO3. The van der Waals surface area contributed by atoms with Gasteiger partial charge >= 0.3 is 0 Å². The highest BCUT2D eigenvalue weighted by atomic mass is 19.1. The van der Waals surface area contributed by atoms with Gasteiger partial charge < -0.3 is 10.1 Å². The molecule has 2 unspecified atom stereocenters. The summed E-state index contributed by atoms with van der Waals surface area (Å²) in [4.78, 5) is 25.1. The summed E-state index contributed by atoms with van der Waals surface area (Å²) >= 11 is 0. The first-order valence-corrected chi connectivity index (χ1v) is 15.4. The lowest BCUT2D eigenvalue weighted by atomic mass is 9.78. The van der Waals surface area contributed by atoms with Crippen molar-refractivity contribution in [3.05, 3.63) is 65.2 Å². The van der Waals surface area contributed by atoms with Crippen molar-refractivity contribution in [1.29, 1.82) is 5.41 Å². The molecule has 0 bridgehead atoms. The number of carbonyl (C=O) groups excluding carboxylic acids is 2. The first-order valence-electron chi connectivity index (χ1n) is 15.4. The molecule has 0 aromatic rings. The number of Topliss-reactive ketones (excluding diaryl/α,β-unsaturated/α-hetero) is 2. The van der Waals surface area contributed by atoms with Gasteiger partial charge in [-0.2, -0.15) is 0 Å². The first-order chi connectivity index (χ1) is 19.3. The van der Waals surface area contributed by atoms with Gasteiger partial charge in [0, 0.05) is 35.6 Å². The zero-order chi connectivity index (χ0) is 28.5. The van der Waals surface area contributed by atoms with Crippen LogP contribution in [0.2, 0.25) is 0 Å². The Morgan fingerprint density at radius 2 is 2.00 bits per heavy atom. The fourth-order valence-electron chi connectivity index (χ4n) is 6.85. The van der Waals surface area contributed by atoms with Gasteiger partial charge in [0.05, 0.1) is 6.10 Å². The molecule has 3 saturated carbocycles. The maximum Gasteiger partial charge on any atom is 0.156 e. The van der Waals surface area contributed by atoms with E-state index in [0.29, 0.717) is 42.6 Å². The van der Waals surface area contributed by atoms with Gasteiger partial charge in [-0.25, -0.2) is 4.39 Å². The Bertz CT molecular complexity index is 1130. The number of fused-ring (bicyclic) bond motifs is 1. The Balaban J connectivity index is 1.59. The number of halogens is 1. The summed E-state index contributed by atoms with van der Waals surface area (Å²) in [6.07, 6.45) is 23.2. The molecule has 4 aliphatic carbocycles. The minimum absolute atomic E-state index is 0.0171. The van der Waals surface area contributed by atoms with Crippen molar-refractivity contribution in [2.75, 3.05) is 0 Å². The van der Waals surface area contributed by atoms with Crippen molar-refractivity contribution in [2.45, 2.75) is 116 Å². The number of alkyl halides is 1. The average Bonchev–Trinajstić information content (AvgIpc) is 3.73. The number of unbranched alkanes of at least 4 members (excludes halogenated alkanes) is 2. The number of nitrogens with one attached hydrogen (secondary N) is 1. The molecule has 0 amide bonds. The zero-order valence-corrected chi connectivity index (χ0v) is 24.2. The van der Waals surface area contributed by atoms with E-state index in [4.69, 9.17) is 10.1 Å². The quantitative estimate of drug-likeness (QED) is 0.160. The van der Waals surface area contributed by atoms with Crippen molar-refractivity contribution < 1.29 is 18.7 Å². The molecule has 5 heteroatoms. The second kappa shape index (κ2) is 14.2. The summed E-state index contributed by atoms with van der Waals surface area (Å²) in [6, 6.07) is 0. The van der Waals surface area contributed by atoms with Crippen LogP contribution >= 0.6 is 0 Å². The van der Waals surface area contributed by atoms with Crippen LogP contribution in [0.1, 0.15) is 103 Å². The van der Waals surface area contributed by atoms with Gasteiger partial charge in [0.1, 0.15) is 17.7 Å². The van der Waals surface area contributed by atoms with Gasteiger partial charge in [-0.15, -0.1) is 5.73 Å². The number of hydrogen-bond donors (Lipinski definition) is 1. The van der Waals surface area contributed by atoms with Crippen LogP contribution < -0.4 is 0 Å². The Hall–Kier alpha value is -2.78. The summed E-state index contributed by atoms with van der Waals surface area (Å²) in [5.41, 5.74) is 4.71. The van der Waals surface area contributed by atoms with E-state index in [1.54, 1.807) is 6.92 Å². The molecule has 40 heavy (non-hydrogen) atoms. The molecule has 4 nitrogen and oxygen atoms in total. The maximum absolute atomic E-state index is 13.8. The van der Waals surface area contributed by atoms with E-state index in [-0.39, 0.29) is 17.3 Å².